The summed E-state index contributed by atoms with van der Waals surface area (Å²) in [5.74, 6) is -0.959. The van der Waals surface area contributed by atoms with Gasteiger partial charge in [0, 0.05) is 0 Å². The summed E-state index contributed by atoms with van der Waals surface area (Å²) in [7, 11) is 0. The molecule has 0 heterocycles. The standard InChI is InChI=1S/C9H14O7/c1-2-4(11)6(13)8(15)9(16)7(14)5(12)3-10/h2-3,5-9,12-16H,1H2/t5-,6?,7+,8+,9-/m0/s1. The third-order valence-electron chi connectivity index (χ3n) is 2.01. The van der Waals surface area contributed by atoms with Crippen LogP contribution in [0.3, 0.4) is 0 Å². The summed E-state index contributed by atoms with van der Waals surface area (Å²) in [5.41, 5.74) is 0. The molecule has 0 aliphatic heterocycles. The molecule has 0 bridgehead atoms. The lowest BCUT2D eigenvalue weighted by atomic mass is 9.97. The molecule has 0 aromatic rings. The lowest BCUT2D eigenvalue weighted by molar-refractivity contribution is -0.152. The number of carbonyl (C=O) groups is 2. The topological polar surface area (TPSA) is 135 Å². The van der Waals surface area contributed by atoms with E-state index in [0.29, 0.717) is 0 Å². The minimum Gasteiger partial charge on any atom is -0.387 e. The van der Waals surface area contributed by atoms with Gasteiger partial charge in [0.15, 0.2) is 12.1 Å². The minimum absolute atomic E-state index is 0.0533. The van der Waals surface area contributed by atoms with Gasteiger partial charge in [0.2, 0.25) is 0 Å². The van der Waals surface area contributed by atoms with Crippen LogP contribution in [0.4, 0.5) is 0 Å². The highest BCUT2D eigenvalue weighted by molar-refractivity contribution is 5.93. The molecule has 0 saturated carbocycles. The molecule has 0 rings (SSSR count). The predicted molar refractivity (Wildman–Crippen MR) is 51.3 cm³/mol. The Kier molecular flexibility index (Phi) is 6.01. The molecule has 0 saturated heterocycles. The molecule has 0 spiro atoms. The van der Waals surface area contributed by atoms with Crippen LogP contribution in [0.1, 0.15) is 0 Å². The monoisotopic (exact) mass is 234 g/mol. The summed E-state index contributed by atoms with van der Waals surface area (Å²) in [6.07, 6.45) is -9.31. The largest absolute Gasteiger partial charge is 0.387 e. The zero-order valence-corrected chi connectivity index (χ0v) is 8.30. The van der Waals surface area contributed by atoms with Gasteiger partial charge in [-0.05, 0) is 6.08 Å². The number of ketones is 1. The summed E-state index contributed by atoms with van der Waals surface area (Å²) < 4.78 is 0. The number of aliphatic hydroxyl groups excluding tert-OH is 5. The van der Waals surface area contributed by atoms with Crippen LogP contribution in [-0.2, 0) is 9.59 Å². The SMILES string of the molecule is C=CC(=O)C(O)[C@@H](O)[C@@H](O)[C@H](O)[C@@H](O)C=O. The van der Waals surface area contributed by atoms with Gasteiger partial charge in [-0.2, -0.15) is 0 Å². The minimum atomic E-state index is -2.04. The molecule has 0 fully saturated rings. The van der Waals surface area contributed by atoms with Crippen LogP contribution in [0.15, 0.2) is 12.7 Å². The van der Waals surface area contributed by atoms with Gasteiger partial charge >= 0.3 is 0 Å². The zero-order chi connectivity index (χ0) is 12.9. The van der Waals surface area contributed by atoms with E-state index in [4.69, 9.17) is 15.3 Å². The average Bonchev–Trinajstić information content (AvgIpc) is 2.32. The average molecular weight is 234 g/mol. The van der Waals surface area contributed by atoms with Gasteiger partial charge in [-0.25, -0.2) is 0 Å². The maximum Gasteiger partial charge on any atom is 0.186 e. The van der Waals surface area contributed by atoms with Crippen LogP contribution in [-0.4, -0.2) is 68.1 Å². The van der Waals surface area contributed by atoms with Gasteiger partial charge in [0.25, 0.3) is 0 Å². The molecule has 0 aromatic carbocycles. The zero-order valence-electron chi connectivity index (χ0n) is 8.30. The molecule has 7 heteroatoms. The highest BCUT2D eigenvalue weighted by atomic mass is 16.4. The van der Waals surface area contributed by atoms with Crippen molar-refractivity contribution in [2.75, 3.05) is 0 Å². The Morgan fingerprint density at radius 2 is 1.50 bits per heavy atom. The Hall–Kier alpha value is -1.12. The second-order valence-electron chi connectivity index (χ2n) is 3.15. The summed E-state index contributed by atoms with van der Waals surface area (Å²) in [6, 6.07) is 0. The number of hydrogen-bond acceptors (Lipinski definition) is 7. The summed E-state index contributed by atoms with van der Waals surface area (Å²) in [6.45, 7) is 3.05. The Morgan fingerprint density at radius 1 is 1.00 bits per heavy atom. The van der Waals surface area contributed by atoms with E-state index >= 15 is 0 Å². The van der Waals surface area contributed by atoms with Crippen molar-refractivity contribution in [3.8, 4) is 0 Å². The molecule has 0 aliphatic rings. The van der Waals surface area contributed by atoms with Gasteiger partial charge in [-0.15, -0.1) is 0 Å². The van der Waals surface area contributed by atoms with Crippen LogP contribution in [0.25, 0.3) is 0 Å². The van der Waals surface area contributed by atoms with Crippen LogP contribution >= 0.6 is 0 Å². The van der Waals surface area contributed by atoms with E-state index in [9.17, 15) is 19.8 Å². The first kappa shape index (κ1) is 14.9. The van der Waals surface area contributed by atoms with Gasteiger partial charge < -0.3 is 30.3 Å². The van der Waals surface area contributed by atoms with Crippen LogP contribution in [0.2, 0.25) is 0 Å². The Labute approximate surface area is 91.3 Å². The molecular weight excluding hydrogens is 220 g/mol. The van der Waals surface area contributed by atoms with E-state index in [1.807, 2.05) is 0 Å². The lowest BCUT2D eigenvalue weighted by Gasteiger charge is -2.26. The van der Waals surface area contributed by atoms with Crippen LogP contribution in [0.5, 0.6) is 0 Å². The van der Waals surface area contributed by atoms with Crippen molar-refractivity contribution in [1.82, 2.24) is 0 Å². The van der Waals surface area contributed by atoms with E-state index in [-0.39, 0.29) is 6.29 Å². The summed E-state index contributed by atoms with van der Waals surface area (Å²) >= 11 is 0. The third kappa shape index (κ3) is 3.47. The molecular formula is C9H14O7. The number of hydrogen-bond donors (Lipinski definition) is 5. The van der Waals surface area contributed by atoms with Crippen molar-refractivity contribution >= 4 is 12.1 Å². The molecule has 0 amide bonds. The number of aldehydes is 1. The Morgan fingerprint density at radius 3 is 1.88 bits per heavy atom. The van der Waals surface area contributed by atoms with Crippen LogP contribution < -0.4 is 0 Å². The maximum atomic E-state index is 10.9. The highest BCUT2D eigenvalue weighted by Gasteiger charge is 2.36. The second kappa shape index (κ2) is 6.46. The molecule has 16 heavy (non-hydrogen) atoms. The van der Waals surface area contributed by atoms with Crippen molar-refractivity contribution in [2.45, 2.75) is 30.5 Å². The summed E-state index contributed by atoms with van der Waals surface area (Å²) in [5, 5.41) is 45.6. The van der Waals surface area contributed by atoms with Crippen molar-refractivity contribution in [3.05, 3.63) is 12.7 Å². The van der Waals surface area contributed by atoms with Crippen LogP contribution in [0, 0.1) is 0 Å². The Bertz CT molecular complexity index is 265. The fourth-order valence-corrected chi connectivity index (χ4v) is 0.960. The smallest absolute Gasteiger partial charge is 0.186 e. The predicted octanol–water partition coefficient (Wildman–Crippen LogP) is -3.26. The highest BCUT2D eigenvalue weighted by Crippen LogP contribution is 2.08. The first-order valence-corrected chi connectivity index (χ1v) is 4.38. The van der Waals surface area contributed by atoms with Crippen molar-refractivity contribution in [3.63, 3.8) is 0 Å². The van der Waals surface area contributed by atoms with E-state index in [1.54, 1.807) is 0 Å². The molecule has 5 atom stereocenters. The number of carbonyl (C=O) groups excluding carboxylic acids is 2. The van der Waals surface area contributed by atoms with Gasteiger partial charge in [0.05, 0.1) is 0 Å². The molecule has 92 valence electrons. The molecule has 0 aliphatic carbocycles. The lowest BCUT2D eigenvalue weighted by Crippen LogP contribution is -2.51. The second-order valence-corrected chi connectivity index (χ2v) is 3.15. The number of aliphatic hydroxyl groups is 5. The maximum absolute atomic E-state index is 10.9. The normalized spacial score (nSPS) is 20.3. The molecule has 1 unspecified atom stereocenters. The van der Waals surface area contributed by atoms with E-state index in [1.165, 1.54) is 0 Å². The fraction of sp³-hybridized carbons (Fsp3) is 0.556. The van der Waals surface area contributed by atoms with Crippen molar-refractivity contribution < 1.29 is 35.1 Å². The van der Waals surface area contributed by atoms with Gasteiger partial charge in [0.1, 0.15) is 30.5 Å². The number of rotatable bonds is 7. The molecule has 0 aromatic heterocycles. The summed E-state index contributed by atoms with van der Waals surface area (Å²) in [4.78, 5) is 21.0. The van der Waals surface area contributed by atoms with Crippen molar-refractivity contribution in [1.29, 1.82) is 0 Å². The van der Waals surface area contributed by atoms with Gasteiger partial charge in [-0.3, -0.25) is 4.79 Å². The Balaban J connectivity index is 4.59. The van der Waals surface area contributed by atoms with Gasteiger partial charge in [-0.1, -0.05) is 6.58 Å². The molecule has 0 radical (unpaired) electrons. The quantitative estimate of drug-likeness (QED) is 0.230. The van der Waals surface area contributed by atoms with E-state index in [2.05, 4.69) is 6.58 Å². The van der Waals surface area contributed by atoms with Crippen molar-refractivity contribution in [2.24, 2.45) is 0 Å². The first-order chi connectivity index (χ1) is 7.36. The molecule has 7 nitrogen and oxygen atoms in total. The van der Waals surface area contributed by atoms with E-state index < -0.39 is 36.3 Å². The van der Waals surface area contributed by atoms with E-state index in [0.717, 1.165) is 6.08 Å². The fourth-order valence-electron chi connectivity index (χ4n) is 0.960. The molecule has 5 N–H and O–H groups in total. The third-order valence-corrected chi connectivity index (χ3v) is 2.01. The first-order valence-electron chi connectivity index (χ1n) is 4.38.